The fraction of sp³-hybridized carbons (Fsp3) is 0. The van der Waals surface area contributed by atoms with Crippen molar-refractivity contribution in [3.63, 3.8) is 0 Å². The van der Waals surface area contributed by atoms with E-state index in [0.29, 0.717) is 0 Å². The smallest absolute Gasteiger partial charge is 0.0619 e. The van der Waals surface area contributed by atoms with Crippen LogP contribution in [0.25, 0.3) is 80.7 Å². The standard InChI is InChI=1S/C52H34N2S/c1-2-10-35(11-3-1)36-18-25-40(26-19-36)53(43-31-33-47-46-15-7-9-17-50(46)55-51(47)34-43)41-27-20-37(21-28-41)38-22-29-42(30-23-38)54-49-16-8-6-14-45(49)48-32-24-39-12-4-5-13-44(39)52(48)54/h1-34H. The molecule has 0 saturated carbocycles. The van der Waals surface area contributed by atoms with Crippen LogP contribution >= 0.6 is 11.3 Å². The molecule has 0 spiro atoms. The Labute approximate surface area is 323 Å². The van der Waals surface area contributed by atoms with Gasteiger partial charge in [0.2, 0.25) is 0 Å². The molecule has 55 heavy (non-hydrogen) atoms. The molecular formula is C52H34N2S. The van der Waals surface area contributed by atoms with Gasteiger partial charge in [-0.15, -0.1) is 11.3 Å². The minimum absolute atomic E-state index is 1.12. The number of fused-ring (bicyclic) bond motifs is 8. The maximum absolute atomic E-state index is 2.42. The first-order valence-electron chi connectivity index (χ1n) is 18.8. The Morgan fingerprint density at radius 2 is 0.873 bits per heavy atom. The number of hydrogen-bond donors (Lipinski definition) is 0. The van der Waals surface area contributed by atoms with Gasteiger partial charge in [0.15, 0.2) is 0 Å². The Balaban J connectivity index is 0.978. The van der Waals surface area contributed by atoms with Crippen molar-refractivity contribution in [1.29, 1.82) is 0 Å². The molecule has 11 rings (SSSR count). The lowest BCUT2D eigenvalue weighted by atomic mass is 10.0. The lowest BCUT2D eigenvalue weighted by molar-refractivity contribution is 1.19. The van der Waals surface area contributed by atoms with Crippen LogP contribution in [0.2, 0.25) is 0 Å². The zero-order valence-corrected chi connectivity index (χ0v) is 30.7. The van der Waals surface area contributed by atoms with Gasteiger partial charge in [0.25, 0.3) is 0 Å². The van der Waals surface area contributed by atoms with Crippen LogP contribution in [0, 0.1) is 0 Å². The molecule has 0 aliphatic rings. The Hall–Kier alpha value is -6.94. The molecule has 0 atom stereocenters. The number of nitrogens with zero attached hydrogens (tertiary/aromatic N) is 2. The van der Waals surface area contributed by atoms with Gasteiger partial charge < -0.3 is 9.47 Å². The van der Waals surface area contributed by atoms with Gasteiger partial charge in [-0.2, -0.15) is 0 Å². The van der Waals surface area contributed by atoms with Crippen LogP contribution in [0.15, 0.2) is 206 Å². The van der Waals surface area contributed by atoms with Crippen molar-refractivity contribution in [1.82, 2.24) is 4.57 Å². The van der Waals surface area contributed by atoms with E-state index in [1.165, 1.54) is 75.0 Å². The summed E-state index contributed by atoms with van der Waals surface area (Å²) in [5.41, 5.74) is 11.8. The summed E-state index contributed by atoms with van der Waals surface area (Å²) in [4.78, 5) is 2.37. The summed E-state index contributed by atoms with van der Waals surface area (Å²) in [6.45, 7) is 0. The predicted octanol–water partition coefficient (Wildman–Crippen LogP) is 15.1. The average molecular weight is 719 g/mol. The van der Waals surface area contributed by atoms with E-state index in [1.54, 1.807) is 0 Å². The highest BCUT2D eigenvalue weighted by molar-refractivity contribution is 7.25. The molecule has 2 nitrogen and oxygen atoms in total. The van der Waals surface area contributed by atoms with Crippen LogP contribution in [-0.2, 0) is 0 Å². The molecule has 2 aromatic heterocycles. The number of benzene rings is 9. The molecular weight excluding hydrogens is 685 g/mol. The van der Waals surface area contributed by atoms with Gasteiger partial charge in [0.1, 0.15) is 0 Å². The first kappa shape index (κ1) is 31.6. The van der Waals surface area contributed by atoms with Crippen molar-refractivity contribution in [2.45, 2.75) is 0 Å². The minimum atomic E-state index is 1.12. The minimum Gasteiger partial charge on any atom is -0.310 e. The molecule has 0 aliphatic heterocycles. The summed E-state index contributed by atoms with van der Waals surface area (Å²) >= 11 is 1.86. The Morgan fingerprint density at radius 3 is 1.60 bits per heavy atom. The van der Waals surface area contributed by atoms with Crippen LogP contribution < -0.4 is 4.90 Å². The predicted molar refractivity (Wildman–Crippen MR) is 237 cm³/mol. The van der Waals surface area contributed by atoms with Crippen molar-refractivity contribution < 1.29 is 0 Å². The molecule has 258 valence electrons. The van der Waals surface area contributed by atoms with Crippen molar-refractivity contribution in [3.8, 4) is 27.9 Å². The normalized spacial score (nSPS) is 11.6. The van der Waals surface area contributed by atoms with Gasteiger partial charge in [-0.3, -0.25) is 0 Å². The summed E-state index contributed by atoms with van der Waals surface area (Å²) in [5.74, 6) is 0. The Morgan fingerprint density at radius 1 is 0.345 bits per heavy atom. The lowest BCUT2D eigenvalue weighted by Crippen LogP contribution is -2.09. The Bertz CT molecular complexity index is 3170. The highest BCUT2D eigenvalue weighted by Crippen LogP contribution is 2.42. The molecule has 9 aromatic carbocycles. The summed E-state index contributed by atoms with van der Waals surface area (Å²) in [7, 11) is 0. The van der Waals surface area contributed by atoms with Crippen LogP contribution in [0.5, 0.6) is 0 Å². The van der Waals surface area contributed by atoms with Crippen molar-refractivity contribution in [2.75, 3.05) is 4.90 Å². The second-order valence-electron chi connectivity index (χ2n) is 14.2. The largest absolute Gasteiger partial charge is 0.310 e. The molecule has 0 bridgehead atoms. The second kappa shape index (κ2) is 12.9. The molecule has 0 N–H and O–H groups in total. The number of hydrogen-bond acceptors (Lipinski definition) is 2. The topological polar surface area (TPSA) is 8.17 Å². The summed E-state index contributed by atoms with van der Waals surface area (Å²) in [5, 5.41) is 7.68. The molecule has 0 radical (unpaired) electrons. The maximum atomic E-state index is 2.42. The molecule has 11 aromatic rings. The van der Waals surface area contributed by atoms with E-state index in [1.807, 2.05) is 11.3 Å². The molecule has 0 amide bonds. The second-order valence-corrected chi connectivity index (χ2v) is 15.2. The van der Waals surface area contributed by atoms with Gasteiger partial charge in [-0.1, -0.05) is 146 Å². The first-order chi connectivity index (χ1) is 27.3. The van der Waals surface area contributed by atoms with Gasteiger partial charge in [0.05, 0.1) is 11.0 Å². The van der Waals surface area contributed by atoms with E-state index >= 15 is 0 Å². The third-order valence-electron chi connectivity index (χ3n) is 11.0. The SMILES string of the molecule is c1ccc(-c2ccc(N(c3ccc(-c4ccc(-n5c6ccccc6c6ccc7ccccc7c65)cc4)cc3)c3ccc4c(c3)sc3ccccc34)cc2)cc1. The number of rotatable bonds is 6. The van der Waals surface area contributed by atoms with E-state index in [0.717, 1.165) is 22.7 Å². The van der Waals surface area contributed by atoms with Crippen molar-refractivity contribution in [3.05, 3.63) is 206 Å². The van der Waals surface area contributed by atoms with Crippen molar-refractivity contribution >= 4 is 81.1 Å². The number of aromatic nitrogens is 1. The van der Waals surface area contributed by atoms with Crippen molar-refractivity contribution in [2.24, 2.45) is 0 Å². The van der Waals surface area contributed by atoms with Gasteiger partial charge in [-0.05, 0) is 88.3 Å². The van der Waals surface area contributed by atoms with Gasteiger partial charge in [-0.25, -0.2) is 0 Å². The number of anilines is 3. The molecule has 2 heterocycles. The lowest BCUT2D eigenvalue weighted by Gasteiger charge is -2.26. The molecule has 0 saturated heterocycles. The molecule has 3 heteroatoms. The monoisotopic (exact) mass is 718 g/mol. The van der Waals surface area contributed by atoms with Crippen LogP contribution in [-0.4, -0.2) is 4.57 Å². The molecule has 0 unspecified atom stereocenters. The molecule has 0 fully saturated rings. The maximum Gasteiger partial charge on any atom is 0.0619 e. The highest BCUT2D eigenvalue weighted by atomic mass is 32.1. The van der Waals surface area contributed by atoms with E-state index in [2.05, 4.69) is 216 Å². The van der Waals surface area contributed by atoms with Gasteiger partial charge in [0, 0.05) is 59.1 Å². The summed E-state index contributed by atoms with van der Waals surface area (Å²) < 4.78 is 5.03. The van der Waals surface area contributed by atoms with Crippen LogP contribution in [0.4, 0.5) is 17.1 Å². The number of para-hydroxylation sites is 1. The van der Waals surface area contributed by atoms with E-state index in [-0.39, 0.29) is 0 Å². The van der Waals surface area contributed by atoms with E-state index in [4.69, 9.17) is 0 Å². The van der Waals surface area contributed by atoms with E-state index < -0.39 is 0 Å². The third-order valence-corrected chi connectivity index (χ3v) is 12.1. The Kier molecular flexibility index (Phi) is 7.39. The first-order valence-corrected chi connectivity index (χ1v) is 19.6. The van der Waals surface area contributed by atoms with Crippen LogP contribution in [0.1, 0.15) is 0 Å². The highest BCUT2D eigenvalue weighted by Gasteiger charge is 2.17. The third kappa shape index (κ3) is 5.32. The average Bonchev–Trinajstić information content (AvgIpc) is 3.80. The molecule has 0 aliphatic carbocycles. The van der Waals surface area contributed by atoms with E-state index in [9.17, 15) is 0 Å². The number of thiophene rings is 1. The van der Waals surface area contributed by atoms with Gasteiger partial charge >= 0.3 is 0 Å². The van der Waals surface area contributed by atoms with Crippen LogP contribution in [0.3, 0.4) is 0 Å². The zero-order valence-electron chi connectivity index (χ0n) is 29.9. The zero-order chi connectivity index (χ0) is 36.3. The quantitative estimate of drug-likeness (QED) is 0.166. The summed E-state index contributed by atoms with van der Waals surface area (Å²) in [6, 6.07) is 75.1. The fourth-order valence-corrected chi connectivity index (χ4v) is 9.48. The summed E-state index contributed by atoms with van der Waals surface area (Å²) in [6.07, 6.45) is 0. The fourth-order valence-electron chi connectivity index (χ4n) is 8.34.